The zero-order valence-electron chi connectivity index (χ0n) is 10.8. The maximum Gasteiger partial charge on any atom is 0.170 e. The van der Waals surface area contributed by atoms with Gasteiger partial charge in [-0.15, -0.1) is 0 Å². The molecule has 1 atom stereocenters. The van der Waals surface area contributed by atoms with E-state index in [-0.39, 0.29) is 11.9 Å². The summed E-state index contributed by atoms with van der Waals surface area (Å²) < 4.78 is 20.0. The second-order valence-corrected chi connectivity index (χ2v) is 5.39. The number of nitrogens with zero attached hydrogens (tertiary/aromatic N) is 1. The third-order valence-corrected chi connectivity index (χ3v) is 3.76. The predicted molar refractivity (Wildman–Crippen MR) is 75.1 cm³/mol. The lowest BCUT2D eigenvalue weighted by atomic mass is 10.1. The summed E-state index contributed by atoms with van der Waals surface area (Å²) in [6.07, 6.45) is 0. The highest BCUT2D eigenvalue weighted by Crippen LogP contribution is 2.45. The Morgan fingerprint density at radius 1 is 1.42 bits per heavy atom. The largest absolute Gasteiger partial charge is 0.487 e. The highest BCUT2D eigenvalue weighted by Gasteiger charge is 2.28. The number of hydrogen-bond acceptors (Lipinski definition) is 4. The Labute approximate surface area is 116 Å². The normalized spacial score (nSPS) is 22.5. The number of nitrogens with one attached hydrogen (secondary N) is 2. The van der Waals surface area contributed by atoms with Gasteiger partial charge < -0.3 is 20.3 Å². The number of fused-ring (bicyclic) bond motifs is 1. The quantitative estimate of drug-likeness (QED) is 0.828. The molecule has 1 aromatic rings. The van der Waals surface area contributed by atoms with Gasteiger partial charge in [0.2, 0.25) is 0 Å². The lowest BCUT2D eigenvalue weighted by Gasteiger charge is -2.34. The molecule has 0 amide bonds. The minimum atomic E-state index is -0.318. The molecular formula is C13H17ClFN3O. The fraction of sp³-hybridized carbons (Fsp3) is 0.538. The van der Waals surface area contributed by atoms with Crippen molar-refractivity contribution < 1.29 is 9.13 Å². The maximum absolute atomic E-state index is 14.3. The van der Waals surface area contributed by atoms with E-state index in [2.05, 4.69) is 10.6 Å². The lowest BCUT2D eigenvalue weighted by Crippen LogP contribution is -2.44. The van der Waals surface area contributed by atoms with E-state index in [1.807, 2.05) is 11.8 Å². The van der Waals surface area contributed by atoms with E-state index in [1.165, 1.54) is 6.07 Å². The van der Waals surface area contributed by atoms with Crippen molar-refractivity contribution in [3.63, 3.8) is 0 Å². The Kier molecular flexibility index (Phi) is 3.41. The van der Waals surface area contributed by atoms with Crippen molar-refractivity contribution in [1.82, 2.24) is 5.32 Å². The topological polar surface area (TPSA) is 36.5 Å². The summed E-state index contributed by atoms with van der Waals surface area (Å²) in [5.41, 5.74) is 1.23. The van der Waals surface area contributed by atoms with E-state index in [9.17, 15) is 4.39 Å². The third-order valence-electron chi connectivity index (χ3n) is 3.46. The Morgan fingerprint density at radius 3 is 2.89 bits per heavy atom. The van der Waals surface area contributed by atoms with E-state index in [0.29, 0.717) is 28.8 Å². The van der Waals surface area contributed by atoms with E-state index in [1.54, 1.807) is 0 Å². The minimum absolute atomic E-state index is 0.173. The van der Waals surface area contributed by atoms with Crippen molar-refractivity contribution >= 4 is 23.0 Å². The first-order valence-corrected chi connectivity index (χ1v) is 6.91. The van der Waals surface area contributed by atoms with Crippen molar-refractivity contribution in [3.05, 3.63) is 16.9 Å². The van der Waals surface area contributed by atoms with Crippen LogP contribution in [0.15, 0.2) is 6.07 Å². The standard InChI is InChI=1S/C13H17ClFN3O/c1-8-7-19-13-11(17-8)9(14)6-10(15)12(13)18-4-2-16-3-5-18/h6,8,16-17H,2-5,7H2,1H3. The zero-order chi connectivity index (χ0) is 13.4. The van der Waals surface area contributed by atoms with Gasteiger partial charge in [-0.25, -0.2) is 4.39 Å². The van der Waals surface area contributed by atoms with Gasteiger partial charge in [-0.05, 0) is 13.0 Å². The number of ether oxygens (including phenoxy) is 1. The molecule has 6 heteroatoms. The molecule has 0 saturated carbocycles. The second kappa shape index (κ2) is 5.06. The lowest BCUT2D eigenvalue weighted by molar-refractivity contribution is 0.290. The number of hydrogen-bond donors (Lipinski definition) is 2. The van der Waals surface area contributed by atoms with Crippen LogP contribution >= 0.6 is 11.6 Å². The van der Waals surface area contributed by atoms with Gasteiger partial charge in [-0.3, -0.25) is 0 Å². The Bertz CT molecular complexity index is 491. The van der Waals surface area contributed by atoms with Crippen LogP contribution < -0.4 is 20.3 Å². The van der Waals surface area contributed by atoms with Crippen molar-refractivity contribution in [3.8, 4) is 5.75 Å². The number of anilines is 2. The SMILES string of the molecule is CC1COc2c(c(Cl)cc(F)c2N2CCNCC2)N1. The molecule has 2 aliphatic heterocycles. The fourth-order valence-corrected chi connectivity index (χ4v) is 2.78. The monoisotopic (exact) mass is 285 g/mol. The van der Waals surface area contributed by atoms with Crippen LogP contribution in [0.1, 0.15) is 6.92 Å². The van der Waals surface area contributed by atoms with E-state index >= 15 is 0 Å². The van der Waals surface area contributed by atoms with Crippen LogP contribution in [0.4, 0.5) is 15.8 Å². The summed E-state index contributed by atoms with van der Waals surface area (Å²) in [7, 11) is 0. The average molecular weight is 286 g/mol. The maximum atomic E-state index is 14.3. The molecule has 1 fully saturated rings. The average Bonchev–Trinajstić information content (AvgIpc) is 2.41. The second-order valence-electron chi connectivity index (χ2n) is 4.99. The van der Waals surface area contributed by atoms with Crippen LogP contribution in [0, 0.1) is 5.82 Å². The van der Waals surface area contributed by atoms with Crippen LogP contribution in [-0.4, -0.2) is 38.8 Å². The predicted octanol–water partition coefficient (Wildman–Crippen LogP) is 2.08. The first kappa shape index (κ1) is 12.8. The summed E-state index contributed by atoms with van der Waals surface area (Å²) >= 11 is 6.11. The van der Waals surface area contributed by atoms with Gasteiger partial charge in [0.05, 0.1) is 16.8 Å². The van der Waals surface area contributed by atoms with Gasteiger partial charge in [0.25, 0.3) is 0 Å². The molecular weight excluding hydrogens is 269 g/mol. The molecule has 0 radical (unpaired) electrons. The van der Waals surface area contributed by atoms with Crippen molar-refractivity contribution in [2.45, 2.75) is 13.0 Å². The Morgan fingerprint density at radius 2 is 2.16 bits per heavy atom. The molecule has 19 heavy (non-hydrogen) atoms. The summed E-state index contributed by atoms with van der Waals surface area (Å²) in [4.78, 5) is 2.01. The number of benzene rings is 1. The van der Waals surface area contributed by atoms with Gasteiger partial charge >= 0.3 is 0 Å². The summed E-state index contributed by atoms with van der Waals surface area (Å²) in [6.45, 7) is 5.76. The van der Waals surface area contributed by atoms with E-state index in [4.69, 9.17) is 16.3 Å². The molecule has 1 saturated heterocycles. The number of halogens is 2. The molecule has 4 nitrogen and oxygen atoms in total. The van der Waals surface area contributed by atoms with E-state index < -0.39 is 0 Å². The molecule has 0 spiro atoms. The first-order valence-electron chi connectivity index (χ1n) is 6.54. The van der Waals surface area contributed by atoms with Crippen LogP contribution in [0.3, 0.4) is 0 Å². The number of piperazine rings is 1. The third kappa shape index (κ3) is 2.32. The molecule has 0 bridgehead atoms. The molecule has 1 aromatic carbocycles. The van der Waals surface area contributed by atoms with Crippen molar-refractivity contribution in [1.29, 1.82) is 0 Å². The van der Waals surface area contributed by atoms with Gasteiger partial charge in [0.1, 0.15) is 12.3 Å². The van der Waals surface area contributed by atoms with Crippen LogP contribution in [0.5, 0.6) is 5.75 Å². The van der Waals surface area contributed by atoms with Crippen LogP contribution in [-0.2, 0) is 0 Å². The smallest absolute Gasteiger partial charge is 0.170 e. The van der Waals surface area contributed by atoms with Gasteiger partial charge in [-0.2, -0.15) is 0 Å². The summed E-state index contributed by atoms with van der Waals surface area (Å²) in [6, 6.07) is 1.54. The Balaban J connectivity index is 2.05. The molecule has 2 N–H and O–H groups in total. The minimum Gasteiger partial charge on any atom is -0.487 e. The fourth-order valence-electron chi connectivity index (χ4n) is 2.54. The number of rotatable bonds is 1. The highest BCUT2D eigenvalue weighted by atomic mass is 35.5. The zero-order valence-corrected chi connectivity index (χ0v) is 11.6. The molecule has 104 valence electrons. The summed E-state index contributed by atoms with van der Waals surface area (Å²) in [5.74, 6) is 0.229. The molecule has 0 aromatic heterocycles. The highest BCUT2D eigenvalue weighted by molar-refractivity contribution is 6.34. The Hall–Kier alpha value is -1.20. The van der Waals surface area contributed by atoms with Gasteiger partial charge in [0.15, 0.2) is 11.6 Å². The molecule has 3 rings (SSSR count). The van der Waals surface area contributed by atoms with Crippen LogP contribution in [0.2, 0.25) is 5.02 Å². The molecule has 0 aliphatic carbocycles. The summed E-state index contributed by atoms with van der Waals surface area (Å²) in [5, 5.41) is 6.90. The van der Waals surface area contributed by atoms with Crippen molar-refractivity contribution in [2.75, 3.05) is 43.0 Å². The molecule has 1 unspecified atom stereocenters. The van der Waals surface area contributed by atoms with Crippen LogP contribution in [0.25, 0.3) is 0 Å². The first-order chi connectivity index (χ1) is 9.16. The van der Waals surface area contributed by atoms with Crippen molar-refractivity contribution in [2.24, 2.45) is 0 Å². The van der Waals surface area contributed by atoms with Gasteiger partial charge in [0, 0.05) is 26.2 Å². The molecule has 2 heterocycles. The van der Waals surface area contributed by atoms with E-state index in [0.717, 1.165) is 26.2 Å². The van der Waals surface area contributed by atoms with Gasteiger partial charge in [-0.1, -0.05) is 11.6 Å². The molecule has 2 aliphatic rings.